The Labute approximate surface area is 139 Å². The Morgan fingerprint density at radius 1 is 1.30 bits per heavy atom. The van der Waals surface area contributed by atoms with Crippen LogP contribution in [0.5, 0.6) is 5.75 Å². The number of ether oxygens (including phenoxy) is 2. The zero-order chi connectivity index (χ0) is 16.5. The third kappa shape index (κ3) is 6.06. The summed E-state index contributed by atoms with van der Waals surface area (Å²) in [4.78, 5) is 12.9. The van der Waals surface area contributed by atoms with Crippen molar-refractivity contribution in [2.24, 2.45) is 0 Å². The van der Waals surface area contributed by atoms with E-state index in [4.69, 9.17) is 9.47 Å². The number of nitrogens with one attached hydrogen (secondary N) is 1. The molecule has 0 radical (unpaired) electrons. The first kappa shape index (κ1) is 17.5. The number of carbonyl (C=O) groups is 1. The van der Waals surface area contributed by atoms with E-state index in [1.807, 2.05) is 30.3 Å². The van der Waals surface area contributed by atoms with E-state index in [1.54, 1.807) is 0 Å². The number of quaternary nitrogens is 1. The normalized spacial score (nSPS) is 16.6. The van der Waals surface area contributed by atoms with Crippen LogP contribution in [0.2, 0.25) is 0 Å². The molecule has 4 heteroatoms. The highest BCUT2D eigenvalue weighted by Crippen LogP contribution is 2.19. The van der Waals surface area contributed by atoms with E-state index in [2.05, 4.69) is 6.58 Å². The van der Waals surface area contributed by atoms with Gasteiger partial charge >= 0.3 is 5.97 Å². The van der Waals surface area contributed by atoms with Crippen molar-refractivity contribution in [3.63, 3.8) is 0 Å². The molecule has 1 aromatic rings. The number of hydrogen-bond acceptors (Lipinski definition) is 3. The second-order valence-corrected chi connectivity index (χ2v) is 6.16. The van der Waals surface area contributed by atoms with Crippen LogP contribution in [0.1, 0.15) is 31.7 Å². The number of hydrogen-bond donors (Lipinski definition) is 1. The molecule has 126 valence electrons. The molecule has 1 fully saturated rings. The van der Waals surface area contributed by atoms with E-state index in [1.165, 1.54) is 31.1 Å². The highest BCUT2D eigenvalue weighted by atomic mass is 16.6. The number of esters is 1. The monoisotopic (exact) mass is 318 g/mol. The molecule has 1 saturated heterocycles. The van der Waals surface area contributed by atoms with Gasteiger partial charge in [0.1, 0.15) is 18.9 Å². The highest BCUT2D eigenvalue weighted by molar-refractivity contribution is 5.66. The van der Waals surface area contributed by atoms with Gasteiger partial charge in [0, 0.05) is 6.92 Å². The van der Waals surface area contributed by atoms with Gasteiger partial charge in [0.25, 0.3) is 0 Å². The van der Waals surface area contributed by atoms with Crippen molar-refractivity contribution in [3.8, 4) is 5.75 Å². The van der Waals surface area contributed by atoms with Crippen molar-refractivity contribution in [2.75, 3.05) is 26.2 Å². The van der Waals surface area contributed by atoms with E-state index in [9.17, 15) is 4.79 Å². The smallest absolute Gasteiger partial charge is 0.303 e. The fourth-order valence-electron chi connectivity index (χ4n) is 3.10. The lowest BCUT2D eigenvalue weighted by atomic mass is 10.1. The van der Waals surface area contributed by atoms with Crippen molar-refractivity contribution in [3.05, 3.63) is 42.5 Å². The van der Waals surface area contributed by atoms with Gasteiger partial charge in [0.05, 0.1) is 13.1 Å². The summed E-state index contributed by atoms with van der Waals surface area (Å²) in [5, 5.41) is 0. The van der Waals surface area contributed by atoms with Crippen molar-refractivity contribution in [2.45, 2.75) is 38.7 Å². The Hall–Kier alpha value is -1.81. The molecule has 1 aliphatic rings. The van der Waals surface area contributed by atoms with E-state index in [0.717, 1.165) is 37.4 Å². The molecule has 2 rings (SSSR count). The summed E-state index contributed by atoms with van der Waals surface area (Å²) in [6.45, 7) is 8.78. The minimum atomic E-state index is -0.241. The standard InChI is InChI=1S/C19H27NO3/c1-3-9-17-10-5-6-11-19(17)22-15-18(23-16(2)21)14-20-12-7-4-8-13-20/h3,5-6,10-11,18H,1,4,7-9,12-15H2,2H3/p+1/t18-/m0/s1. The maximum absolute atomic E-state index is 11.4. The Balaban J connectivity index is 1.94. The molecule has 1 atom stereocenters. The van der Waals surface area contributed by atoms with E-state index in [-0.39, 0.29) is 12.1 Å². The summed E-state index contributed by atoms with van der Waals surface area (Å²) in [5.74, 6) is 0.604. The minimum Gasteiger partial charge on any atom is -0.489 e. The van der Waals surface area contributed by atoms with Gasteiger partial charge in [-0.05, 0) is 37.3 Å². The maximum atomic E-state index is 11.4. The van der Waals surface area contributed by atoms with E-state index >= 15 is 0 Å². The van der Waals surface area contributed by atoms with Crippen LogP contribution >= 0.6 is 0 Å². The fourth-order valence-corrected chi connectivity index (χ4v) is 3.10. The zero-order valence-electron chi connectivity index (χ0n) is 14.1. The van der Waals surface area contributed by atoms with Crippen LogP contribution in [0.4, 0.5) is 0 Å². The minimum absolute atomic E-state index is 0.197. The molecule has 0 spiro atoms. The number of rotatable bonds is 8. The SMILES string of the molecule is C=CCc1ccccc1OC[C@H](C[NH+]1CCCCC1)OC(C)=O. The molecule has 0 amide bonds. The lowest BCUT2D eigenvalue weighted by Crippen LogP contribution is -3.14. The Morgan fingerprint density at radius 2 is 2.04 bits per heavy atom. The summed E-state index contributed by atoms with van der Waals surface area (Å²) in [6.07, 6.45) is 6.26. The number of likely N-dealkylation sites (tertiary alicyclic amines) is 1. The van der Waals surface area contributed by atoms with Gasteiger partial charge in [-0.2, -0.15) is 0 Å². The molecular weight excluding hydrogens is 290 g/mol. The highest BCUT2D eigenvalue weighted by Gasteiger charge is 2.22. The van der Waals surface area contributed by atoms with Crippen LogP contribution in [0.25, 0.3) is 0 Å². The topological polar surface area (TPSA) is 40.0 Å². The van der Waals surface area contributed by atoms with Gasteiger partial charge in [0.15, 0.2) is 6.10 Å². The number of para-hydroxylation sites is 1. The van der Waals surface area contributed by atoms with Crippen molar-refractivity contribution < 1.29 is 19.2 Å². The number of carbonyl (C=O) groups excluding carboxylic acids is 1. The molecule has 0 aliphatic carbocycles. The predicted molar refractivity (Wildman–Crippen MR) is 90.8 cm³/mol. The third-order valence-corrected chi connectivity index (χ3v) is 4.17. The van der Waals surface area contributed by atoms with E-state index in [0.29, 0.717) is 6.61 Å². The molecule has 1 aromatic carbocycles. The van der Waals surface area contributed by atoms with Gasteiger partial charge in [-0.3, -0.25) is 4.79 Å². The average Bonchev–Trinajstić information content (AvgIpc) is 2.54. The molecule has 1 aliphatic heterocycles. The zero-order valence-corrected chi connectivity index (χ0v) is 14.1. The third-order valence-electron chi connectivity index (χ3n) is 4.17. The number of piperidine rings is 1. The summed E-state index contributed by atoms with van der Waals surface area (Å²) in [6, 6.07) is 7.94. The second-order valence-electron chi connectivity index (χ2n) is 6.16. The van der Waals surface area contributed by atoms with Gasteiger partial charge in [-0.1, -0.05) is 24.3 Å². The van der Waals surface area contributed by atoms with Gasteiger partial charge in [-0.25, -0.2) is 0 Å². The average molecular weight is 318 g/mol. The molecule has 4 nitrogen and oxygen atoms in total. The van der Waals surface area contributed by atoms with Crippen molar-refractivity contribution >= 4 is 5.97 Å². The first-order valence-corrected chi connectivity index (χ1v) is 8.51. The first-order valence-electron chi connectivity index (χ1n) is 8.51. The Kier molecular flexibility index (Phi) is 7.14. The summed E-state index contributed by atoms with van der Waals surface area (Å²) in [7, 11) is 0. The quantitative estimate of drug-likeness (QED) is 0.587. The Bertz CT molecular complexity index is 509. The van der Waals surface area contributed by atoms with E-state index < -0.39 is 0 Å². The summed E-state index contributed by atoms with van der Waals surface area (Å²) in [5.41, 5.74) is 1.11. The van der Waals surface area contributed by atoms with Crippen LogP contribution < -0.4 is 9.64 Å². The Morgan fingerprint density at radius 3 is 2.74 bits per heavy atom. The van der Waals surface area contributed by atoms with Crippen LogP contribution in [-0.4, -0.2) is 38.3 Å². The molecule has 0 saturated carbocycles. The fraction of sp³-hybridized carbons (Fsp3) is 0.526. The molecule has 23 heavy (non-hydrogen) atoms. The van der Waals surface area contributed by atoms with Crippen LogP contribution in [0, 0.1) is 0 Å². The van der Waals surface area contributed by atoms with Crippen LogP contribution in [0.3, 0.4) is 0 Å². The van der Waals surface area contributed by atoms with Gasteiger partial charge < -0.3 is 14.4 Å². The van der Waals surface area contributed by atoms with Gasteiger partial charge in [0.2, 0.25) is 0 Å². The lowest BCUT2D eigenvalue weighted by Gasteiger charge is -2.27. The second kappa shape index (κ2) is 9.36. The first-order chi connectivity index (χ1) is 11.2. The predicted octanol–water partition coefficient (Wildman–Crippen LogP) is 1.79. The summed E-state index contributed by atoms with van der Waals surface area (Å²) < 4.78 is 11.4. The number of allylic oxidation sites excluding steroid dienone is 1. The lowest BCUT2D eigenvalue weighted by molar-refractivity contribution is -0.907. The maximum Gasteiger partial charge on any atom is 0.303 e. The molecule has 1 N–H and O–H groups in total. The molecule has 0 unspecified atom stereocenters. The molecule has 0 bridgehead atoms. The van der Waals surface area contributed by atoms with Crippen LogP contribution in [-0.2, 0) is 16.0 Å². The molecular formula is C19H28NO3+. The van der Waals surface area contributed by atoms with Crippen molar-refractivity contribution in [1.82, 2.24) is 0 Å². The molecule has 0 aromatic heterocycles. The van der Waals surface area contributed by atoms with Crippen molar-refractivity contribution in [1.29, 1.82) is 0 Å². The summed E-state index contributed by atoms with van der Waals surface area (Å²) >= 11 is 0. The van der Waals surface area contributed by atoms with Gasteiger partial charge in [-0.15, -0.1) is 6.58 Å². The molecule has 1 heterocycles. The number of benzene rings is 1. The largest absolute Gasteiger partial charge is 0.489 e. The van der Waals surface area contributed by atoms with Crippen LogP contribution in [0.15, 0.2) is 36.9 Å².